The Bertz CT molecular complexity index is 1230. The number of nitrogens with zero attached hydrogens (tertiary/aromatic N) is 3. The standard InChI is InChI=1S/C23H20F2N4OS/c1-2-20(22(30)27-18-10-4-3-9-17(18)25)29-21-19(11-6-12-26-21)28-23(29)31-14-15-7-5-8-16(24)13-15/h3-13,20H,2,14H2,1H3,(H,27,30)/t20-/m1/s1. The number of anilines is 1. The topological polar surface area (TPSA) is 59.8 Å². The van der Waals surface area contributed by atoms with Crippen LogP contribution >= 0.6 is 11.8 Å². The van der Waals surface area contributed by atoms with Gasteiger partial charge in [0.1, 0.15) is 23.2 Å². The highest BCUT2D eigenvalue weighted by Crippen LogP contribution is 2.31. The maximum absolute atomic E-state index is 14.1. The molecule has 1 atom stereocenters. The highest BCUT2D eigenvalue weighted by Gasteiger charge is 2.26. The summed E-state index contributed by atoms with van der Waals surface area (Å²) in [5.74, 6) is -0.680. The summed E-state index contributed by atoms with van der Waals surface area (Å²) in [7, 11) is 0. The van der Waals surface area contributed by atoms with Crippen LogP contribution in [0.1, 0.15) is 24.9 Å². The second-order valence-electron chi connectivity index (χ2n) is 6.92. The molecule has 0 aliphatic rings. The zero-order chi connectivity index (χ0) is 21.8. The van der Waals surface area contributed by atoms with Gasteiger partial charge in [-0.05, 0) is 48.4 Å². The summed E-state index contributed by atoms with van der Waals surface area (Å²) in [5, 5.41) is 3.26. The van der Waals surface area contributed by atoms with Crippen molar-refractivity contribution in [3.05, 3.63) is 84.1 Å². The minimum atomic E-state index is -0.644. The van der Waals surface area contributed by atoms with Crippen LogP contribution in [0.2, 0.25) is 0 Å². The molecule has 2 heterocycles. The summed E-state index contributed by atoms with van der Waals surface area (Å²) in [6.07, 6.45) is 2.10. The van der Waals surface area contributed by atoms with Gasteiger partial charge in [0.2, 0.25) is 5.91 Å². The lowest BCUT2D eigenvalue weighted by Gasteiger charge is -2.19. The number of aromatic nitrogens is 3. The minimum absolute atomic E-state index is 0.122. The molecule has 0 unspecified atom stereocenters. The largest absolute Gasteiger partial charge is 0.322 e. The molecule has 0 aliphatic carbocycles. The van der Waals surface area contributed by atoms with E-state index in [1.165, 1.54) is 36.0 Å². The van der Waals surface area contributed by atoms with E-state index in [4.69, 9.17) is 0 Å². The molecule has 1 N–H and O–H groups in total. The van der Waals surface area contributed by atoms with E-state index < -0.39 is 11.9 Å². The maximum atomic E-state index is 14.1. The van der Waals surface area contributed by atoms with Crippen LogP contribution in [-0.2, 0) is 10.5 Å². The van der Waals surface area contributed by atoms with Crippen LogP contribution in [-0.4, -0.2) is 20.4 Å². The van der Waals surface area contributed by atoms with Crippen LogP contribution in [0.3, 0.4) is 0 Å². The van der Waals surface area contributed by atoms with Crippen molar-refractivity contribution in [3.63, 3.8) is 0 Å². The van der Waals surface area contributed by atoms with Crippen molar-refractivity contribution in [1.82, 2.24) is 14.5 Å². The van der Waals surface area contributed by atoms with E-state index in [1.807, 2.05) is 19.1 Å². The summed E-state index contributed by atoms with van der Waals surface area (Å²) >= 11 is 1.40. The van der Waals surface area contributed by atoms with Crippen molar-refractivity contribution >= 4 is 34.5 Å². The molecule has 4 rings (SSSR count). The molecule has 31 heavy (non-hydrogen) atoms. The summed E-state index contributed by atoms with van der Waals surface area (Å²) < 4.78 is 29.4. The first-order valence-electron chi connectivity index (χ1n) is 9.82. The van der Waals surface area contributed by atoms with Crippen molar-refractivity contribution in [3.8, 4) is 0 Å². The molecular formula is C23H20F2N4OS. The number of benzene rings is 2. The van der Waals surface area contributed by atoms with E-state index in [0.29, 0.717) is 28.5 Å². The van der Waals surface area contributed by atoms with Crippen molar-refractivity contribution in [2.24, 2.45) is 0 Å². The van der Waals surface area contributed by atoms with Gasteiger partial charge >= 0.3 is 0 Å². The number of pyridine rings is 1. The third-order valence-corrected chi connectivity index (χ3v) is 5.83. The molecule has 158 valence electrons. The molecule has 0 aliphatic heterocycles. The third-order valence-electron chi connectivity index (χ3n) is 4.81. The van der Waals surface area contributed by atoms with Crippen molar-refractivity contribution in [2.45, 2.75) is 30.3 Å². The molecule has 5 nitrogen and oxygen atoms in total. The van der Waals surface area contributed by atoms with Gasteiger partial charge in [0.05, 0.1) is 5.69 Å². The van der Waals surface area contributed by atoms with Crippen LogP contribution in [0.25, 0.3) is 11.2 Å². The summed E-state index contributed by atoms with van der Waals surface area (Å²) in [5.41, 5.74) is 2.15. The quantitative estimate of drug-likeness (QED) is 0.382. The van der Waals surface area contributed by atoms with Crippen molar-refractivity contribution < 1.29 is 13.6 Å². The first-order valence-corrected chi connectivity index (χ1v) is 10.8. The molecule has 4 aromatic rings. The number of carbonyl (C=O) groups is 1. The molecular weight excluding hydrogens is 418 g/mol. The highest BCUT2D eigenvalue weighted by atomic mass is 32.2. The fraction of sp³-hybridized carbons (Fsp3) is 0.174. The average Bonchev–Trinajstić information content (AvgIpc) is 3.13. The molecule has 0 fully saturated rings. The van der Waals surface area contributed by atoms with Gasteiger partial charge in [0, 0.05) is 11.9 Å². The molecule has 0 saturated heterocycles. The van der Waals surface area contributed by atoms with Crippen LogP contribution in [0.4, 0.5) is 14.5 Å². The molecule has 0 bridgehead atoms. The lowest BCUT2D eigenvalue weighted by atomic mass is 10.2. The third kappa shape index (κ3) is 4.59. The second-order valence-corrected chi connectivity index (χ2v) is 7.86. The van der Waals surface area contributed by atoms with Gasteiger partial charge in [0.15, 0.2) is 10.8 Å². The van der Waals surface area contributed by atoms with Crippen LogP contribution in [0.5, 0.6) is 0 Å². The maximum Gasteiger partial charge on any atom is 0.247 e. The predicted octanol–water partition coefficient (Wildman–Crippen LogP) is 5.59. The smallest absolute Gasteiger partial charge is 0.247 e. The minimum Gasteiger partial charge on any atom is -0.322 e. The number of para-hydroxylation sites is 1. The number of thioether (sulfide) groups is 1. The van der Waals surface area contributed by atoms with E-state index in [0.717, 1.165) is 5.56 Å². The Morgan fingerprint density at radius 3 is 2.74 bits per heavy atom. The van der Waals surface area contributed by atoms with Gasteiger partial charge in [-0.2, -0.15) is 0 Å². The highest BCUT2D eigenvalue weighted by molar-refractivity contribution is 7.98. The number of rotatable bonds is 7. The Morgan fingerprint density at radius 1 is 1.13 bits per heavy atom. The van der Waals surface area contributed by atoms with Crippen molar-refractivity contribution in [1.29, 1.82) is 0 Å². The Labute approximate surface area is 182 Å². The Hall–Kier alpha value is -3.26. The fourth-order valence-corrected chi connectivity index (χ4v) is 4.32. The van der Waals surface area contributed by atoms with Gasteiger partial charge in [-0.25, -0.2) is 18.7 Å². The summed E-state index contributed by atoms with van der Waals surface area (Å²) in [6, 6.07) is 15.4. The molecule has 8 heteroatoms. The second kappa shape index (κ2) is 9.26. The normalized spacial score (nSPS) is 12.1. The summed E-state index contributed by atoms with van der Waals surface area (Å²) in [6.45, 7) is 1.88. The van der Waals surface area contributed by atoms with Crippen molar-refractivity contribution in [2.75, 3.05) is 5.32 Å². The Balaban J connectivity index is 1.67. The van der Waals surface area contributed by atoms with Gasteiger partial charge in [0.25, 0.3) is 0 Å². The average molecular weight is 439 g/mol. The molecule has 2 aromatic carbocycles. The number of hydrogen-bond acceptors (Lipinski definition) is 4. The van der Waals surface area contributed by atoms with Gasteiger partial charge in [-0.15, -0.1) is 0 Å². The van der Waals surface area contributed by atoms with E-state index in [-0.39, 0.29) is 17.4 Å². The first-order chi connectivity index (χ1) is 15.1. The molecule has 2 aromatic heterocycles. The number of amides is 1. The lowest BCUT2D eigenvalue weighted by molar-refractivity contribution is -0.119. The Kier molecular flexibility index (Phi) is 6.27. The van der Waals surface area contributed by atoms with E-state index in [1.54, 1.807) is 35.0 Å². The molecule has 0 saturated carbocycles. The van der Waals surface area contributed by atoms with Crippen LogP contribution < -0.4 is 5.32 Å². The summed E-state index contributed by atoms with van der Waals surface area (Å²) in [4.78, 5) is 22.2. The van der Waals surface area contributed by atoms with E-state index >= 15 is 0 Å². The lowest BCUT2D eigenvalue weighted by Crippen LogP contribution is -2.26. The predicted molar refractivity (Wildman–Crippen MR) is 118 cm³/mol. The Morgan fingerprint density at radius 2 is 1.97 bits per heavy atom. The van der Waals surface area contributed by atoms with Gasteiger partial charge < -0.3 is 5.32 Å². The zero-order valence-electron chi connectivity index (χ0n) is 16.8. The number of halogens is 2. The molecule has 0 radical (unpaired) electrons. The number of nitrogens with one attached hydrogen (secondary N) is 1. The number of hydrogen-bond donors (Lipinski definition) is 1. The SMILES string of the molecule is CC[C@H](C(=O)Nc1ccccc1F)n1c(SCc2cccc(F)c2)nc2cccnc21. The van der Waals surface area contributed by atoms with Gasteiger partial charge in [-0.1, -0.05) is 43.0 Å². The number of imidazole rings is 1. The van der Waals surface area contributed by atoms with Crippen LogP contribution in [0.15, 0.2) is 72.0 Å². The number of carbonyl (C=O) groups excluding carboxylic acids is 1. The molecule has 0 spiro atoms. The molecule has 1 amide bonds. The van der Waals surface area contributed by atoms with E-state index in [2.05, 4.69) is 15.3 Å². The number of fused-ring (bicyclic) bond motifs is 1. The monoisotopic (exact) mass is 438 g/mol. The fourth-order valence-electron chi connectivity index (χ4n) is 3.33. The van der Waals surface area contributed by atoms with E-state index in [9.17, 15) is 13.6 Å². The van der Waals surface area contributed by atoms with Crippen LogP contribution in [0, 0.1) is 11.6 Å². The zero-order valence-corrected chi connectivity index (χ0v) is 17.6. The van der Waals surface area contributed by atoms with Gasteiger partial charge in [-0.3, -0.25) is 9.36 Å². The first kappa shape index (κ1) is 21.0.